The predicted molar refractivity (Wildman–Crippen MR) is 117 cm³/mol. The van der Waals surface area contributed by atoms with E-state index in [0.717, 1.165) is 11.1 Å². The van der Waals surface area contributed by atoms with Gasteiger partial charge in [0, 0.05) is 25.5 Å². The number of nitrogens with one attached hydrogen (secondary N) is 1. The summed E-state index contributed by atoms with van der Waals surface area (Å²) in [6.07, 6.45) is 1.74. The lowest BCUT2D eigenvalue weighted by molar-refractivity contribution is 0.0782. The van der Waals surface area contributed by atoms with Crippen LogP contribution in [0.2, 0.25) is 0 Å². The molecule has 2 aromatic carbocycles. The number of nitrogens with zero attached hydrogens (tertiary/aromatic N) is 3. The van der Waals surface area contributed by atoms with Gasteiger partial charge in [-0.3, -0.25) is 14.0 Å². The van der Waals surface area contributed by atoms with Crippen LogP contribution in [0.4, 0.5) is 5.69 Å². The lowest BCUT2D eigenvalue weighted by atomic mass is 10.2. The zero-order valence-electron chi connectivity index (χ0n) is 16.9. The molecule has 30 heavy (non-hydrogen) atoms. The largest absolute Gasteiger partial charge is 0.336 e. The van der Waals surface area contributed by atoms with Gasteiger partial charge in [-0.15, -0.1) is 0 Å². The van der Waals surface area contributed by atoms with Gasteiger partial charge in [0.15, 0.2) is 5.69 Å². The number of pyridine rings is 1. The molecule has 0 aliphatic heterocycles. The molecule has 0 atom stereocenters. The standard InChI is InChI=1S/C24H22N4O2/c1-17-11-13-19(14-12-17)25-23(29)22-26-21(20-10-6-7-15-28(20)22)24(30)27(2)16-18-8-4-3-5-9-18/h3-15H,16H2,1-2H3,(H,25,29). The molecule has 1 N–H and O–H groups in total. The fourth-order valence-electron chi connectivity index (χ4n) is 3.29. The van der Waals surface area contributed by atoms with Crippen molar-refractivity contribution in [1.82, 2.24) is 14.3 Å². The average Bonchev–Trinajstić information content (AvgIpc) is 3.15. The predicted octanol–water partition coefficient (Wildman–Crippen LogP) is 4.17. The number of amides is 2. The summed E-state index contributed by atoms with van der Waals surface area (Å²) in [4.78, 5) is 32.0. The first-order valence-electron chi connectivity index (χ1n) is 9.67. The summed E-state index contributed by atoms with van der Waals surface area (Å²) in [5.74, 6) is -0.440. The van der Waals surface area contributed by atoms with Crippen molar-refractivity contribution in [3.05, 3.63) is 102 Å². The molecule has 0 unspecified atom stereocenters. The Hall–Kier alpha value is -3.93. The highest BCUT2D eigenvalue weighted by molar-refractivity contribution is 6.06. The molecular weight excluding hydrogens is 376 g/mol. The molecule has 0 saturated carbocycles. The van der Waals surface area contributed by atoms with Crippen LogP contribution in [0.25, 0.3) is 5.52 Å². The van der Waals surface area contributed by atoms with E-state index in [4.69, 9.17) is 0 Å². The minimum atomic E-state index is -0.371. The van der Waals surface area contributed by atoms with Gasteiger partial charge in [-0.25, -0.2) is 4.98 Å². The summed E-state index contributed by atoms with van der Waals surface area (Å²) in [7, 11) is 1.73. The SMILES string of the molecule is Cc1ccc(NC(=O)c2nc(C(=O)N(C)Cc3ccccc3)c3ccccn23)cc1. The Bertz CT molecular complexity index is 1200. The van der Waals surface area contributed by atoms with Gasteiger partial charge in [0.05, 0.1) is 5.52 Å². The monoisotopic (exact) mass is 398 g/mol. The minimum Gasteiger partial charge on any atom is -0.336 e. The molecule has 0 aliphatic carbocycles. The number of rotatable bonds is 5. The highest BCUT2D eigenvalue weighted by Crippen LogP contribution is 2.18. The van der Waals surface area contributed by atoms with Gasteiger partial charge in [-0.1, -0.05) is 54.1 Å². The smallest absolute Gasteiger partial charge is 0.292 e. The molecule has 4 rings (SSSR count). The number of fused-ring (bicyclic) bond motifs is 1. The van der Waals surface area contributed by atoms with Crippen LogP contribution in [0.5, 0.6) is 0 Å². The van der Waals surface area contributed by atoms with Gasteiger partial charge in [-0.2, -0.15) is 0 Å². The summed E-state index contributed by atoms with van der Waals surface area (Å²) in [6.45, 7) is 2.44. The van der Waals surface area contributed by atoms with E-state index in [1.165, 1.54) is 0 Å². The maximum Gasteiger partial charge on any atom is 0.292 e. The summed E-state index contributed by atoms with van der Waals surface area (Å²) >= 11 is 0. The topological polar surface area (TPSA) is 66.7 Å². The first-order chi connectivity index (χ1) is 14.5. The van der Waals surface area contributed by atoms with Crippen molar-refractivity contribution in [2.45, 2.75) is 13.5 Å². The normalized spacial score (nSPS) is 10.7. The maximum atomic E-state index is 13.1. The number of imidazole rings is 1. The van der Waals surface area contributed by atoms with Crippen LogP contribution < -0.4 is 5.32 Å². The van der Waals surface area contributed by atoms with Gasteiger partial charge >= 0.3 is 0 Å². The van der Waals surface area contributed by atoms with E-state index in [2.05, 4.69) is 10.3 Å². The van der Waals surface area contributed by atoms with E-state index >= 15 is 0 Å². The van der Waals surface area contributed by atoms with Gasteiger partial charge in [0.25, 0.3) is 11.8 Å². The van der Waals surface area contributed by atoms with Crippen LogP contribution in [-0.4, -0.2) is 33.1 Å². The van der Waals surface area contributed by atoms with E-state index in [-0.39, 0.29) is 23.3 Å². The lowest BCUT2D eigenvalue weighted by Gasteiger charge is -2.16. The lowest BCUT2D eigenvalue weighted by Crippen LogP contribution is -2.26. The van der Waals surface area contributed by atoms with Gasteiger partial charge < -0.3 is 10.2 Å². The van der Waals surface area contributed by atoms with Crippen molar-refractivity contribution in [3.63, 3.8) is 0 Å². The average molecular weight is 398 g/mol. The molecule has 0 aliphatic rings. The van der Waals surface area contributed by atoms with Crippen LogP contribution in [0.1, 0.15) is 32.2 Å². The molecule has 6 heteroatoms. The number of anilines is 1. The molecule has 2 heterocycles. The third kappa shape index (κ3) is 3.93. The highest BCUT2D eigenvalue weighted by atomic mass is 16.2. The molecule has 0 fully saturated rings. The number of carbonyl (C=O) groups excluding carboxylic acids is 2. The Labute approximate surface area is 174 Å². The summed E-state index contributed by atoms with van der Waals surface area (Å²) in [5, 5.41) is 2.85. The number of aryl methyl sites for hydroxylation is 1. The van der Waals surface area contributed by atoms with Crippen LogP contribution in [-0.2, 0) is 6.54 Å². The Morgan fingerprint density at radius 1 is 0.967 bits per heavy atom. The molecule has 2 amide bonds. The Morgan fingerprint density at radius 2 is 1.67 bits per heavy atom. The highest BCUT2D eigenvalue weighted by Gasteiger charge is 2.23. The van der Waals surface area contributed by atoms with E-state index in [9.17, 15) is 9.59 Å². The molecular formula is C24H22N4O2. The van der Waals surface area contributed by atoms with Gasteiger partial charge in [-0.05, 0) is 36.8 Å². The molecule has 150 valence electrons. The second-order valence-corrected chi connectivity index (χ2v) is 7.21. The third-order valence-electron chi connectivity index (χ3n) is 4.87. The van der Waals surface area contributed by atoms with Crippen molar-refractivity contribution >= 4 is 23.0 Å². The van der Waals surface area contributed by atoms with Crippen LogP contribution in [0.3, 0.4) is 0 Å². The summed E-state index contributed by atoms with van der Waals surface area (Å²) in [6, 6.07) is 22.7. The fourth-order valence-corrected chi connectivity index (χ4v) is 3.29. The summed E-state index contributed by atoms with van der Waals surface area (Å²) < 4.78 is 1.65. The van der Waals surface area contributed by atoms with Crippen molar-refractivity contribution < 1.29 is 9.59 Å². The van der Waals surface area contributed by atoms with E-state index in [1.807, 2.05) is 67.6 Å². The van der Waals surface area contributed by atoms with Gasteiger partial charge in [0.2, 0.25) is 5.82 Å². The Kier molecular flexibility index (Phi) is 5.30. The maximum absolute atomic E-state index is 13.1. The molecule has 0 saturated heterocycles. The molecule has 2 aromatic heterocycles. The van der Waals surface area contributed by atoms with Crippen LogP contribution in [0, 0.1) is 6.92 Å². The Balaban J connectivity index is 1.64. The Morgan fingerprint density at radius 3 is 2.40 bits per heavy atom. The van der Waals surface area contributed by atoms with Crippen molar-refractivity contribution in [2.24, 2.45) is 0 Å². The second-order valence-electron chi connectivity index (χ2n) is 7.21. The number of aromatic nitrogens is 2. The van der Waals surface area contributed by atoms with Crippen molar-refractivity contribution in [1.29, 1.82) is 0 Å². The molecule has 0 radical (unpaired) electrons. The quantitative estimate of drug-likeness (QED) is 0.549. The van der Waals surface area contributed by atoms with Crippen LogP contribution in [0.15, 0.2) is 79.0 Å². The first kappa shape index (κ1) is 19.4. The van der Waals surface area contributed by atoms with E-state index in [0.29, 0.717) is 17.7 Å². The number of benzene rings is 2. The number of hydrogen-bond acceptors (Lipinski definition) is 3. The number of carbonyl (C=O) groups is 2. The molecule has 0 bridgehead atoms. The summed E-state index contributed by atoms with van der Waals surface area (Å²) in [5.41, 5.74) is 3.65. The molecule has 0 spiro atoms. The van der Waals surface area contributed by atoms with Crippen molar-refractivity contribution in [2.75, 3.05) is 12.4 Å². The minimum absolute atomic E-state index is 0.169. The first-order valence-corrected chi connectivity index (χ1v) is 9.67. The fraction of sp³-hybridized carbons (Fsp3) is 0.125. The van der Waals surface area contributed by atoms with Gasteiger partial charge in [0.1, 0.15) is 0 Å². The number of hydrogen-bond donors (Lipinski definition) is 1. The van der Waals surface area contributed by atoms with E-state index < -0.39 is 0 Å². The van der Waals surface area contributed by atoms with E-state index in [1.54, 1.807) is 34.7 Å². The second kappa shape index (κ2) is 8.21. The van der Waals surface area contributed by atoms with Crippen molar-refractivity contribution in [3.8, 4) is 0 Å². The zero-order valence-corrected chi connectivity index (χ0v) is 16.9. The van der Waals surface area contributed by atoms with Crippen LogP contribution >= 0.6 is 0 Å². The molecule has 4 aromatic rings. The third-order valence-corrected chi connectivity index (χ3v) is 4.87. The molecule has 6 nitrogen and oxygen atoms in total. The zero-order chi connectivity index (χ0) is 21.1.